The minimum atomic E-state index is 0.807. The van der Waals surface area contributed by atoms with E-state index >= 15 is 0 Å². The maximum absolute atomic E-state index is 6.30. The zero-order valence-corrected chi connectivity index (χ0v) is 12.7. The quantitative estimate of drug-likeness (QED) is 0.744. The minimum Gasteiger partial charge on any atom is -0.398 e. The molecular formula is C17H20N4. The van der Waals surface area contributed by atoms with Crippen molar-refractivity contribution >= 4 is 16.7 Å². The fourth-order valence-corrected chi connectivity index (χ4v) is 2.80. The molecule has 4 heteroatoms. The molecule has 0 aliphatic heterocycles. The zero-order chi connectivity index (χ0) is 15.0. The molecule has 0 saturated carbocycles. The molecule has 0 aliphatic rings. The van der Waals surface area contributed by atoms with Gasteiger partial charge in [-0.05, 0) is 43.5 Å². The van der Waals surface area contributed by atoms with Crippen molar-refractivity contribution in [1.29, 1.82) is 0 Å². The van der Waals surface area contributed by atoms with Crippen LogP contribution in [0.4, 0.5) is 5.69 Å². The van der Waals surface area contributed by atoms with E-state index in [2.05, 4.69) is 35.5 Å². The molecule has 0 spiro atoms. The molecule has 0 aliphatic carbocycles. The predicted molar refractivity (Wildman–Crippen MR) is 87.1 cm³/mol. The number of pyridine rings is 1. The van der Waals surface area contributed by atoms with Gasteiger partial charge in [-0.1, -0.05) is 13.0 Å². The Bertz CT molecular complexity index is 802. The van der Waals surface area contributed by atoms with Gasteiger partial charge >= 0.3 is 0 Å². The van der Waals surface area contributed by atoms with Crippen molar-refractivity contribution in [3.8, 4) is 11.4 Å². The smallest absolute Gasteiger partial charge is 0.143 e. The lowest BCUT2D eigenvalue weighted by Gasteiger charge is -2.12. The molecule has 0 saturated heterocycles. The molecule has 3 rings (SSSR count). The van der Waals surface area contributed by atoms with Crippen LogP contribution in [0.15, 0.2) is 30.6 Å². The third-order valence-corrected chi connectivity index (χ3v) is 3.77. The highest BCUT2D eigenvalue weighted by molar-refractivity contribution is 5.84. The summed E-state index contributed by atoms with van der Waals surface area (Å²) < 4.78 is 2.24. The number of anilines is 1. The molecule has 108 valence electrons. The molecule has 0 atom stereocenters. The number of hydrogen-bond acceptors (Lipinski definition) is 3. The van der Waals surface area contributed by atoms with Gasteiger partial charge in [0.2, 0.25) is 0 Å². The monoisotopic (exact) mass is 280 g/mol. The van der Waals surface area contributed by atoms with Crippen LogP contribution in [-0.4, -0.2) is 14.5 Å². The van der Waals surface area contributed by atoms with Gasteiger partial charge in [-0.25, -0.2) is 4.98 Å². The standard InChI is InChI=1S/C17H20N4/c1-4-7-21-15-5-6-19-10-14(15)20-17(21)13-9-11(2)8-12(3)16(13)18/h5-6,8-10H,4,7,18H2,1-3H3. The summed E-state index contributed by atoms with van der Waals surface area (Å²) in [6.45, 7) is 7.22. The van der Waals surface area contributed by atoms with Crippen LogP contribution in [0, 0.1) is 13.8 Å². The van der Waals surface area contributed by atoms with Crippen molar-refractivity contribution in [3.05, 3.63) is 41.7 Å². The highest BCUT2D eigenvalue weighted by atomic mass is 15.1. The molecule has 21 heavy (non-hydrogen) atoms. The number of nitrogens with zero attached hydrogens (tertiary/aromatic N) is 3. The second kappa shape index (κ2) is 5.20. The zero-order valence-electron chi connectivity index (χ0n) is 12.7. The Hall–Kier alpha value is -2.36. The van der Waals surface area contributed by atoms with Crippen molar-refractivity contribution in [3.63, 3.8) is 0 Å². The van der Waals surface area contributed by atoms with E-state index in [-0.39, 0.29) is 0 Å². The van der Waals surface area contributed by atoms with Gasteiger partial charge in [0.25, 0.3) is 0 Å². The summed E-state index contributed by atoms with van der Waals surface area (Å²) in [5.41, 5.74) is 12.4. The van der Waals surface area contributed by atoms with Crippen LogP contribution in [0.5, 0.6) is 0 Å². The normalized spacial score (nSPS) is 11.2. The number of rotatable bonds is 3. The maximum Gasteiger partial charge on any atom is 0.143 e. The number of imidazole rings is 1. The summed E-state index contributed by atoms with van der Waals surface area (Å²) in [5.74, 6) is 0.934. The van der Waals surface area contributed by atoms with Gasteiger partial charge in [0, 0.05) is 24.0 Å². The van der Waals surface area contributed by atoms with Crippen molar-refractivity contribution in [2.24, 2.45) is 0 Å². The average Bonchev–Trinajstić information content (AvgIpc) is 2.82. The number of aryl methyl sites for hydroxylation is 3. The van der Waals surface area contributed by atoms with E-state index in [1.54, 1.807) is 0 Å². The molecular weight excluding hydrogens is 260 g/mol. The highest BCUT2D eigenvalue weighted by Crippen LogP contribution is 2.31. The van der Waals surface area contributed by atoms with Crippen LogP contribution in [0.2, 0.25) is 0 Å². The Balaban J connectivity index is 2.32. The highest BCUT2D eigenvalue weighted by Gasteiger charge is 2.15. The van der Waals surface area contributed by atoms with E-state index in [9.17, 15) is 0 Å². The van der Waals surface area contributed by atoms with Crippen LogP contribution < -0.4 is 5.73 Å². The number of nitrogens with two attached hydrogens (primary N) is 1. The number of nitrogen functional groups attached to an aromatic ring is 1. The van der Waals surface area contributed by atoms with E-state index in [1.807, 2.05) is 25.4 Å². The number of fused-ring (bicyclic) bond motifs is 1. The van der Waals surface area contributed by atoms with Crippen LogP contribution in [0.1, 0.15) is 24.5 Å². The fourth-order valence-electron chi connectivity index (χ4n) is 2.80. The first-order valence-electron chi connectivity index (χ1n) is 7.29. The van der Waals surface area contributed by atoms with Gasteiger partial charge in [0.15, 0.2) is 0 Å². The van der Waals surface area contributed by atoms with Crippen molar-refractivity contribution in [2.75, 3.05) is 5.73 Å². The number of hydrogen-bond donors (Lipinski definition) is 1. The van der Waals surface area contributed by atoms with E-state index in [0.29, 0.717) is 0 Å². The van der Waals surface area contributed by atoms with Gasteiger partial charge < -0.3 is 10.3 Å². The molecule has 2 N–H and O–H groups in total. The third kappa shape index (κ3) is 2.27. The first-order chi connectivity index (χ1) is 10.1. The summed E-state index contributed by atoms with van der Waals surface area (Å²) in [4.78, 5) is 8.94. The summed E-state index contributed by atoms with van der Waals surface area (Å²) in [6.07, 6.45) is 4.67. The Morgan fingerprint density at radius 1 is 1.24 bits per heavy atom. The molecule has 0 fully saturated rings. The van der Waals surface area contributed by atoms with Crippen LogP contribution in [0.25, 0.3) is 22.4 Å². The summed E-state index contributed by atoms with van der Waals surface area (Å²) in [7, 11) is 0. The van der Waals surface area contributed by atoms with Crippen molar-refractivity contribution in [1.82, 2.24) is 14.5 Å². The van der Waals surface area contributed by atoms with Gasteiger partial charge in [-0.15, -0.1) is 0 Å². The van der Waals surface area contributed by atoms with Crippen molar-refractivity contribution in [2.45, 2.75) is 33.7 Å². The predicted octanol–water partition coefficient (Wildman–Crippen LogP) is 3.71. The Morgan fingerprint density at radius 3 is 2.81 bits per heavy atom. The molecule has 0 unspecified atom stereocenters. The Labute approximate surface area is 124 Å². The lowest BCUT2D eigenvalue weighted by atomic mass is 10.0. The number of benzene rings is 1. The van der Waals surface area contributed by atoms with Crippen LogP contribution in [-0.2, 0) is 6.54 Å². The van der Waals surface area contributed by atoms with E-state index in [0.717, 1.165) is 46.6 Å². The minimum absolute atomic E-state index is 0.807. The van der Waals surface area contributed by atoms with E-state index < -0.39 is 0 Å². The maximum atomic E-state index is 6.30. The fraction of sp³-hybridized carbons (Fsp3) is 0.294. The second-order valence-corrected chi connectivity index (χ2v) is 5.49. The first-order valence-corrected chi connectivity index (χ1v) is 7.29. The lowest BCUT2D eigenvalue weighted by molar-refractivity contribution is 0.704. The molecule has 1 aromatic carbocycles. The van der Waals surface area contributed by atoms with Crippen molar-refractivity contribution < 1.29 is 0 Å². The molecule has 0 radical (unpaired) electrons. The molecule has 0 amide bonds. The summed E-state index contributed by atoms with van der Waals surface area (Å²) in [6, 6.07) is 6.23. The Kier molecular flexibility index (Phi) is 3.37. The molecule has 2 aromatic heterocycles. The second-order valence-electron chi connectivity index (χ2n) is 5.49. The lowest BCUT2D eigenvalue weighted by Crippen LogP contribution is -2.03. The van der Waals surface area contributed by atoms with Gasteiger partial charge in [-0.2, -0.15) is 0 Å². The first kappa shape index (κ1) is 13.6. The molecule has 2 heterocycles. The Morgan fingerprint density at radius 2 is 2.05 bits per heavy atom. The van der Waals surface area contributed by atoms with Gasteiger partial charge in [0.05, 0.1) is 11.7 Å². The summed E-state index contributed by atoms with van der Waals surface area (Å²) in [5, 5.41) is 0. The largest absolute Gasteiger partial charge is 0.398 e. The van der Waals surface area contributed by atoms with Gasteiger partial charge in [0.1, 0.15) is 11.3 Å². The summed E-state index contributed by atoms with van der Waals surface area (Å²) >= 11 is 0. The van der Waals surface area contributed by atoms with Crippen LogP contribution >= 0.6 is 0 Å². The van der Waals surface area contributed by atoms with E-state index in [4.69, 9.17) is 10.7 Å². The molecule has 4 nitrogen and oxygen atoms in total. The molecule has 3 aromatic rings. The molecule has 0 bridgehead atoms. The average molecular weight is 280 g/mol. The van der Waals surface area contributed by atoms with Gasteiger partial charge in [-0.3, -0.25) is 4.98 Å². The number of aromatic nitrogens is 3. The third-order valence-electron chi connectivity index (χ3n) is 3.77. The topological polar surface area (TPSA) is 56.7 Å². The van der Waals surface area contributed by atoms with E-state index in [1.165, 1.54) is 5.56 Å². The van der Waals surface area contributed by atoms with Crippen LogP contribution in [0.3, 0.4) is 0 Å². The SMILES string of the molecule is CCCn1c(-c2cc(C)cc(C)c2N)nc2cnccc21.